The van der Waals surface area contributed by atoms with Crippen molar-refractivity contribution in [3.63, 3.8) is 0 Å². The third-order valence-electron chi connectivity index (χ3n) is 3.94. The average molecular weight is 294 g/mol. The molecule has 2 rings (SSSR count). The van der Waals surface area contributed by atoms with Gasteiger partial charge in [0.05, 0.1) is 25.0 Å². The van der Waals surface area contributed by atoms with Crippen LogP contribution in [0.25, 0.3) is 0 Å². The maximum Gasteiger partial charge on any atom is 0.268 e. The first-order chi connectivity index (χ1) is 10.2. The molecule has 0 aliphatic carbocycles. The summed E-state index contributed by atoms with van der Waals surface area (Å²) in [6.45, 7) is 9.95. The summed E-state index contributed by atoms with van der Waals surface area (Å²) in [5, 5.41) is 7.63. The maximum atomic E-state index is 12.1. The molecule has 1 fully saturated rings. The Hall–Kier alpha value is -1.40. The third-order valence-corrected chi connectivity index (χ3v) is 3.94. The molecule has 0 spiro atoms. The molecule has 1 aromatic rings. The summed E-state index contributed by atoms with van der Waals surface area (Å²) < 4.78 is 6.86. The largest absolute Gasteiger partial charge is 0.381 e. The van der Waals surface area contributed by atoms with Gasteiger partial charge in [0, 0.05) is 38.9 Å². The lowest BCUT2D eigenvalue weighted by molar-refractivity contribution is 0.185. The summed E-state index contributed by atoms with van der Waals surface area (Å²) in [6.07, 6.45) is 2.91. The number of ether oxygens (including phenoxy) is 1. The van der Waals surface area contributed by atoms with Crippen LogP contribution in [0, 0.1) is 5.92 Å². The number of nitrogens with zero attached hydrogens (tertiary/aromatic N) is 3. The highest BCUT2D eigenvalue weighted by molar-refractivity contribution is 5.42. The number of rotatable bonds is 8. The Balaban J connectivity index is 1.81. The lowest BCUT2D eigenvalue weighted by Gasteiger charge is -2.20. The monoisotopic (exact) mass is 294 g/mol. The van der Waals surface area contributed by atoms with Gasteiger partial charge in [0.2, 0.25) is 0 Å². The number of hydrogen-bond acceptors (Lipinski definition) is 5. The summed E-state index contributed by atoms with van der Waals surface area (Å²) in [4.78, 5) is 14.2. The predicted molar refractivity (Wildman–Crippen MR) is 83.9 cm³/mol. The van der Waals surface area contributed by atoms with Crippen molar-refractivity contribution in [1.29, 1.82) is 0 Å². The Morgan fingerprint density at radius 1 is 1.48 bits per heavy atom. The molecular formula is C15H26N4O2. The average Bonchev–Trinajstić information content (AvgIpc) is 3.00. The van der Waals surface area contributed by atoms with Crippen LogP contribution >= 0.6 is 0 Å². The molecule has 1 aliphatic rings. The number of nitrogens with one attached hydrogen (secondary N) is 1. The fraction of sp³-hybridized carbons (Fsp3) is 0.733. The smallest absolute Gasteiger partial charge is 0.268 e. The van der Waals surface area contributed by atoms with E-state index >= 15 is 0 Å². The van der Waals surface area contributed by atoms with Gasteiger partial charge in [0.25, 0.3) is 5.56 Å². The molecule has 1 aromatic heterocycles. The Labute approximate surface area is 126 Å². The van der Waals surface area contributed by atoms with Gasteiger partial charge in [-0.1, -0.05) is 0 Å². The molecule has 0 radical (unpaired) electrons. The number of anilines is 1. The second kappa shape index (κ2) is 8.14. The van der Waals surface area contributed by atoms with E-state index in [-0.39, 0.29) is 5.56 Å². The highest BCUT2D eigenvalue weighted by atomic mass is 16.5. The van der Waals surface area contributed by atoms with Crippen LogP contribution < -0.4 is 15.8 Å². The van der Waals surface area contributed by atoms with Crippen LogP contribution in [0.15, 0.2) is 17.1 Å². The second-order valence-electron chi connectivity index (χ2n) is 5.38. The van der Waals surface area contributed by atoms with E-state index in [1.54, 1.807) is 12.3 Å². The lowest BCUT2D eigenvalue weighted by atomic mass is 10.1. The van der Waals surface area contributed by atoms with Gasteiger partial charge < -0.3 is 15.0 Å². The quantitative estimate of drug-likeness (QED) is 0.716. The molecule has 2 heterocycles. The first kappa shape index (κ1) is 16.0. The highest BCUT2D eigenvalue weighted by Gasteiger charge is 2.14. The Morgan fingerprint density at radius 2 is 2.29 bits per heavy atom. The minimum atomic E-state index is -0.0367. The molecule has 21 heavy (non-hydrogen) atoms. The van der Waals surface area contributed by atoms with Crippen LogP contribution in [-0.4, -0.2) is 49.2 Å². The van der Waals surface area contributed by atoms with Crippen LogP contribution in [-0.2, 0) is 11.3 Å². The summed E-state index contributed by atoms with van der Waals surface area (Å²) >= 11 is 0. The Kier molecular flexibility index (Phi) is 6.20. The van der Waals surface area contributed by atoms with E-state index in [4.69, 9.17) is 4.74 Å². The van der Waals surface area contributed by atoms with Crippen molar-refractivity contribution < 1.29 is 4.74 Å². The first-order valence-electron chi connectivity index (χ1n) is 7.85. The maximum absolute atomic E-state index is 12.1. The molecule has 1 N–H and O–H groups in total. The van der Waals surface area contributed by atoms with Gasteiger partial charge in [-0.25, -0.2) is 4.68 Å². The molecule has 0 aromatic carbocycles. The van der Waals surface area contributed by atoms with Crippen LogP contribution in [0.3, 0.4) is 0 Å². The van der Waals surface area contributed by atoms with E-state index in [9.17, 15) is 4.79 Å². The van der Waals surface area contributed by atoms with Crippen molar-refractivity contribution in [1.82, 2.24) is 15.1 Å². The summed E-state index contributed by atoms with van der Waals surface area (Å²) in [5.41, 5.74) is 0.864. The fourth-order valence-electron chi connectivity index (χ4n) is 2.59. The van der Waals surface area contributed by atoms with Gasteiger partial charge in [-0.15, -0.1) is 0 Å². The molecule has 0 saturated carbocycles. The van der Waals surface area contributed by atoms with Crippen molar-refractivity contribution in [3.05, 3.63) is 22.6 Å². The first-order valence-corrected chi connectivity index (χ1v) is 7.85. The van der Waals surface area contributed by atoms with Crippen LogP contribution in [0.1, 0.15) is 20.3 Å². The van der Waals surface area contributed by atoms with Crippen LogP contribution in [0.4, 0.5) is 5.69 Å². The molecule has 1 saturated heterocycles. The SMILES string of the molecule is CCN(CC)c1cnn(CCNCC2CCOC2)c(=O)c1. The molecule has 1 aliphatic heterocycles. The summed E-state index contributed by atoms with van der Waals surface area (Å²) in [5.74, 6) is 0.611. The van der Waals surface area contributed by atoms with Gasteiger partial charge in [-0.3, -0.25) is 4.79 Å². The topological polar surface area (TPSA) is 59.4 Å². The van der Waals surface area contributed by atoms with Crippen LogP contribution in [0.2, 0.25) is 0 Å². The van der Waals surface area contributed by atoms with E-state index in [0.29, 0.717) is 12.5 Å². The summed E-state index contributed by atoms with van der Waals surface area (Å²) in [7, 11) is 0. The van der Waals surface area contributed by atoms with E-state index in [0.717, 1.165) is 51.5 Å². The molecule has 0 bridgehead atoms. The zero-order chi connectivity index (χ0) is 15.1. The standard InChI is InChI=1S/C15H26N4O2/c1-3-18(4-2)14-9-15(20)19(17-11-14)7-6-16-10-13-5-8-21-12-13/h9,11,13,16H,3-8,10,12H2,1-2H3. The zero-order valence-electron chi connectivity index (χ0n) is 13.0. The minimum Gasteiger partial charge on any atom is -0.381 e. The molecule has 0 amide bonds. The van der Waals surface area contributed by atoms with Gasteiger partial charge in [-0.05, 0) is 26.2 Å². The van der Waals surface area contributed by atoms with Gasteiger partial charge >= 0.3 is 0 Å². The van der Waals surface area contributed by atoms with Gasteiger partial charge in [-0.2, -0.15) is 5.10 Å². The molecule has 1 atom stereocenters. The fourth-order valence-corrected chi connectivity index (χ4v) is 2.59. The van der Waals surface area contributed by atoms with E-state index in [1.807, 2.05) is 0 Å². The number of aromatic nitrogens is 2. The van der Waals surface area contributed by atoms with Crippen molar-refractivity contribution in [3.8, 4) is 0 Å². The normalized spacial score (nSPS) is 18.1. The molecule has 118 valence electrons. The molecule has 1 unspecified atom stereocenters. The van der Waals surface area contributed by atoms with Gasteiger partial charge in [0.15, 0.2) is 0 Å². The van der Waals surface area contributed by atoms with Crippen molar-refractivity contribution in [2.45, 2.75) is 26.8 Å². The molecular weight excluding hydrogens is 268 g/mol. The van der Waals surface area contributed by atoms with Gasteiger partial charge in [0.1, 0.15) is 0 Å². The third kappa shape index (κ3) is 4.54. The zero-order valence-corrected chi connectivity index (χ0v) is 13.0. The van der Waals surface area contributed by atoms with E-state index in [1.165, 1.54) is 4.68 Å². The van der Waals surface area contributed by atoms with Crippen molar-refractivity contribution in [2.75, 3.05) is 44.3 Å². The Bertz CT molecular complexity index is 479. The minimum absolute atomic E-state index is 0.0367. The van der Waals surface area contributed by atoms with Crippen LogP contribution in [0.5, 0.6) is 0 Å². The Morgan fingerprint density at radius 3 is 2.90 bits per heavy atom. The number of hydrogen-bond donors (Lipinski definition) is 1. The summed E-state index contributed by atoms with van der Waals surface area (Å²) in [6, 6.07) is 1.67. The van der Waals surface area contributed by atoms with E-state index < -0.39 is 0 Å². The van der Waals surface area contributed by atoms with E-state index in [2.05, 4.69) is 29.2 Å². The highest BCUT2D eigenvalue weighted by Crippen LogP contribution is 2.10. The van der Waals surface area contributed by atoms with Crippen molar-refractivity contribution in [2.24, 2.45) is 5.92 Å². The predicted octanol–water partition coefficient (Wildman–Crippen LogP) is 0.716. The second-order valence-corrected chi connectivity index (χ2v) is 5.38. The van der Waals surface area contributed by atoms with Crippen molar-refractivity contribution >= 4 is 5.69 Å². The molecule has 6 nitrogen and oxygen atoms in total. The molecule has 6 heteroatoms. The lowest BCUT2D eigenvalue weighted by Crippen LogP contribution is -2.32.